The second kappa shape index (κ2) is 10.2. The number of carbonyl (C=O) groups is 2. The first-order valence-corrected chi connectivity index (χ1v) is 10.2. The summed E-state index contributed by atoms with van der Waals surface area (Å²) in [6, 6.07) is 10.6. The lowest BCUT2D eigenvalue weighted by Crippen LogP contribution is -2.17. The molecule has 1 N–H and O–H groups in total. The maximum atomic E-state index is 13.3. The minimum Gasteiger partial charge on any atom is -0.496 e. The Bertz CT molecular complexity index is 1250. The van der Waals surface area contributed by atoms with Crippen LogP contribution < -0.4 is 19.5 Å². The van der Waals surface area contributed by atoms with Crippen molar-refractivity contribution >= 4 is 40.8 Å². The van der Waals surface area contributed by atoms with E-state index >= 15 is 0 Å². The third-order valence-electron chi connectivity index (χ3n) is 4.55. The number of amides is 1. The van der Waals surface area contributed by atoms with Crippen LogP contribution in [-0.4, -0.2) is 26.1 Å². The molecule has 6 nitrogen and oxygen atoms in total. The van der Waals surface area contributed by atoms with Gasteiger partial charge in [0.1, 0.15) is 17.1 Å². The minimum atomic E-state index is -4.72. The van der Waals surface area contributed by atoms with E-state index in [4.69, 9.17) is 37.4 Å². The van der Waals surface area contributed by atoms with Gasteiger partial charge >= 0.3 is 12.1 Å². The van der Waals surface area contributed by atoms with Crippen molar-refractivity contribution in [2.24, 2.45) is 0 Å². The van der Waals surface area contributed by atoms with Gasteiger partial charge in [0.2, 0.25) is 0 Å². The van der Waals surface area contributed by atoms with Crippen LogP contribution in [-0.2, 0) is 6.18 Å². The number of rotatable bonds is 6. The summed E-state index contributed by atoms with van der Waals surface area (Å²) in [5, 5.41) is 3.02. The molecule has 0 aromatic heterocycles. The fourth-order valence-corrected chi connectivity index (χ4v) is 3.24. The van der Waals surface area contributed by atoms with E-state index in [0.29, 0.717) is 11.1 Å². The molecule has 3 aromatic carbocycles. The molecule has 1 amide bonds. The zero-order valence-corrected chi connectivity index (χ0v) is 19.1. The molecule has 0 unspecified atom stereocenters. The van der Waals surface area contributed by atoms with Crippen molar-refractivity contribution in [3.05, 3.63) is 81.3 Å². The van der Waals surface area contributed by atoms with Crippen molar-refractivity contribution < 1.29 is 37.0 Å². The van der Waals surface area contributed by atoms with Gasteiger partial charge in [0, 0.05) is 10.0 Å². The number of benzene rings is 3. The minimum absolute atomic E-state index is 0.0564. The number of methoxy groups -OCH3 is 2. The fourth-order valence-electron chi connectivity index (χ4n) is 2.92. The van der Waals surface area contributed by atoms with Gasteiger partial charge in [-0.05, 0) is 54.6 Å². The van der Waals surface area contributed by atoms with Crippen LogP contribution >= 0.6 is 23.2 Å². The number of esters is 1. The molecule has 0 aliphatic carbocycles. The van der Waals surface area contributed by atoms with Crippen LogP contribution in [0.4, 0.5) is 18.9 Å². The number of carbonyl (C=O) groups excluding carboxylic acids is 2. The molecule has 3 rings (SSSR count). The van der Waals surface area contributed by atoms with E-state index in [9.17, 15) is 22.8 Å². The maximum Gasteiger partial charge on any atom is 0.416 e. The van der Waals surface area contributed by atoms with E-state index in [1.54, 1.807) is 0 Å². The summed E-state index contributed by atoms with van der Waals surface area (Å²) in [7, 11) is 2.62. The smallest absolute Gasteiger partial charge is 0.416 e. The van der Waals surface area contributed by atoms with Crippen molar-refractivity contribution in [1.82, 2.24) is 0 Å². The van der Waals surface area contributed by atoms with E-state index < -0.39 is 29.4 Å². The van der Waals surface area contributed by atoms with Gasteiger partial charge in [0.25, 0.3) is 5.91 Å². The second-order valence-corrected chi connectivity index (χ2v) is 7.61. The predicted octanol–water partition coefficient (Wildman–Crippen LogP) is 6.50. The third kappa shape index (κ3) is 5.73. The molecule has 3 aromatic rings. The molecule has 11 heteroatoms. The van der Waals surface area contributed by atoms with Crippen LogP contribution in [0.2, 0.25) is 10.0 Å². The maximum absolute atomic E-state index is 13.3. The standard InChI is InChI=1S/C23H16Cl2F3NO5/c1-32-18-10-13(24)4-6-15(18)21(30)29-17-8-3-12(23(26,27)28)9-20(17)34-22(31)16-7-5-14(25)11-19(16)33-2/h3-11H,1-2H3,(H,29,30). The molecule has 34 heavy (non-hydrogen) atoms. The van der Waals surface area contributed by atoms with Crippen molar-refractivity contribution in [1.29, 1.82) is 0 Å². The highest BCUT2D eigenvalue weighted by atomic mass is 35.5. The summed E-state index contributed by atoms with van der Waals surface area (Å²) < 4.78 is 55.3. The first-order chi connectivity index (χ1) is 16.0. The first-order valence-electron chi connectivity index (χ1n) is 9.45. The van der Waals surface area contributed by atoms with Crippen LogP contribution in [0.3, 0.4) is 0 Å². The van der Waals surface area contributed by atoms with Crippen molar-refractivity contribution in [3.63, 3.8) is 0 Å². The Morgan fingerprint density at radius 1 is 0.794 bits per heavy atom. The molecule has 0 heterocycles. The molecule has 0 atom stereocenters. The lowest BCUT2D eigenvalue weighted by Gasteiger charge is -2.16. The molecule has 0 aliphatic heterocycles. The van der Waals surface area contributed by atoms with Gasteiger partial charge in [0.15, 0.2) is 5.75 Å². The Morgan fingerprint density at radius 2 is 1.35 bits per heavy atom. The lowest BCUT2D eigenvalue weighted by molar-refractivity contribution is -0.137. The molecule has 0 spiro atoms. The predicted molar refractivity (Wildman–Crippen MR) is 120 cm³/mol. The Balaban J connectivity index is 1.99. The molecule has 0 radical (unpaired) electrons. The quantitative estimate of drug-likeness (QED) is 0.300. The number of anilines is 1. The highest BCUT2D eigenvalue weighted by molar-refractivity contribution is 6.31. The molecule has 0 fully saturated rings. The highest BCUT2D eigenvalue weighted by Crippen LogP contribution is 2.37. The SMILES string of the molecule is COc1cc(Cl)ccc1C(=O)Nc1ccc(C(F)(F)F)cc1OC(=O)c1ccc(Cl)cc1OC. The van der Waals surface area contributed by atoms with Crippen LogP contribution in [0.25, 0.3) is 0 Å². The molecule has 0 saturated heterocycles. The van der Waals surface area contributed by atoms with Gasteiger partial charge in [-0.3, -0.25) is 4.79 Å². The van der Waals surface area contributed by atoms with E-state index in [0.717, 1.165) is 12.1 Å². The average molecular weight is 514 g/mol. The monoisotopic (exact) mass is 513 g/mol. The second-order valence-electron chi connectivity index (χ2n) is 6.74. The van der Waals surface area contributed by atoms with E-state index in [1.807, 2.05) is 0 Å². The van der Waals surface area contributed by atoms with Crippen molar-refractivity contribution in [3.8, 4) is 17.2 Å². The Hall–Kier alpha value is -3.43. The average Bonchev–Trinajstić information content (AvgIpc) is 2.78. The molecule has 0 saturated carbocycles. The van der Waals surface area contributed by atoms with E-state index in [1.165, 1.54) is 50.6 Å². The Labute approximate surface area is 202 Å². The van der Waals surface area contributed by atoms with Crippen molar-refractivity contribution in [2.75, 3.05) is 19.5 Å². The molecule has 0 aliphatic rings. The van der Waals surface area contributed by atoms with Crippen LogP contribution in [0.1, 0.15) is 26.3 Å². The van der Waals surface area contributed by atoms with Gasteiger partial charge < -0.3 is 19.5 Å². The topological polar surface area (TPSA) is 73.9 Å². The van der Waals surface area contributed by atoms with Crippen LogP contribution in [0.5, 0.6) is 17.2 Å². The summed E-state index contributed by atoms with van der Waals surface area (Å²) >= 11 is 11.8. The molecule has 0 bridgehead atoms. The van der Waals surface area contributed by atoms with Gasteiger partial charge in [-0.2, -0.15) is 13.2 Å². The summed E-state index contributed by atoms with van der Waals surface area (Å²) in [6.07, 6.45) is -4.72. The zero-order valence-electron chi connectivity index (χ0n) is 17.6. The number of nitrogens with one attached hydrogen (secondary N) is 1. The fraction of sp³-hybridized carbons (Fsp3) is 0.130. The largest absolute Gasteiger partial charge is 0.496 e. The number of ether oxygens (including phenoxy) is 3. The normalized spacial score (nSPS) is 11.0. The lowest BCUT2D eigenvalue weighted by atomic mass is 10.1. The summed E-state index contributed by atoms with van der Waals surface area (Å²) in [6.45, 7) is 0. The van der Waals surface area contributed by atoms with E-state index in [-0.39, 0.29) is 33.3 Å². The summed E-state index contributed by atoms with van der Waals surface area (Å²) in [5.41, 5.74) is -1.29. The first kappa shape index (κ1) is 25.2. The van der Waals surface area contributed by atoms with Gasteiger partial charge in [-0.25, -0.2) is 4.79 Å². The number of hydrogen-bond acceptors (Lipinski definition) is 5. The van der Waals surface area contributed by atoms with E-state index in [2.05, 4.69) is 5.32 Å². The summed E-state index contributed by atoms with van der Waals surface area (Å²) in [5.74, 6) is -2.08. The highest BCUT2D eigenvalue weighted by Gasteiger charge is 2.32. The number of halogens is 5. The van der Waals surface area contributed by atoms with Crippen molar-refractivity contribution in [2.45, 2.75) is 6.18 Å². The number of hydrogen-bond donors (Lipinski definition) is 1. The molecule has 178 valence electrons. The Morgan fingerprint density at radius 3 is 1.91 bits per heavy atom. The van der Waals surface area contributed by atoms with Crippen LogP contribution in [0, 0.1) is 0 Å². The van der Waals surface area contributed by atoms with Gasteiger partial charge in [0.05, 0.1) is 31.0 Å². The van der Waals surface area contributed by atoms with Gasteiger partial charge in [-0.1, -0.05) is 23.2 Å². The third-order valence-corrected chi connectivity index (χ3v) is 5.02. The van der Waals surface area contributed by atoms with Crippen LogP contribution in [0.15, 0.2) is 54.6 Å². The number of alkyl halides is 3. The zero-order chi connectivity index (χ0) is 25.0. The molecular weight excluding hydrogens is 498 g/mol. The summed E-state index contributed by atoms with van der Waals surface area (Å²) in [4.78, 5) is 25.5. The van der Waals surface area contributed by atoms with Gasteiger partial charge in [-0.15, -0.1) is 0 Å². The molecular formula is C23H16Cl2F3NO5. The Kier molecular flexibility index (Phi) is 7.58.